The molecule has 0 atom stereocenters. The number of nitrogens with zero attached hydrogens (tertiary/aromatic N) is 1. The maximum atomic E-state index is 12.7. The predicted octanol–water partition coefficient (Wildman–Crippen LogP) is 5.55. The van der Waals surface area contributed by atoms with E-state index in [0.717, 1.165) is 17.9 Å². The van der Waals surface area contributed by atoms with Crippen LogP contribution in [0, 0.1) is 5.92 Å². The molecule has 0 amide bonds. The van der Waals surface area contributed by atoms with E-state index in [-0.39, 0.29) is 6.61 Å². The molecule has 0 saturated heterocycles. The standard InChI is InChI=1S/C20H22F3NO2/c1-15(2)14-19(16-8-10-17(11-9-16)20(21,22)23)24-26-13-12-25-18-6-4-3-5-7-18/h3-11,15H,12-14H2,1-2H3/b24-19+. The second-order valence-electron chi connectivity index (χ2n) is 6.21. The molecule has 0 unspecified atom stereocenters. The number of ether oxygens (including phenoxy) is 1. The van der Waals surface area contributed by atoms with Gasteiger partial charge >= 0.3 is 6.18 Å². The van der Waals surface area contributed by atoms with E-state index in [4.69, 9.17) is 9.57 Å². The highest BCUT2D eigenvalue weighted by molar-refractivity contribution is 6.00. The molecule has 0 aliphatic carbocycles. The number of alkyl halides is 3. The molecular formula is C20H22F3NO2. The second-order valence-corrected chi connectivity index (χ2v) is 6.21. The summed E-state index contributed by atoms with van der Waals surface area (Å²) >= 11 is 0. The number of halogens is 3. The largest absolute Gasteiger partial charge is 0.490 e. The first-order valence-electron chi connectivity index (χ1n) is 8.40. The zero-order chi connectivity index (χ0) is 19.0. The van der Waals surface area contributed by atoms with Crippen LogP contribution >= 0.6 is 0 Å². The summed E-state index contributed by atoms with van der Waals surface area (Å²) in [6, 6.07) is 14.3. The van der Waals surface area contributed by atoms with E-state index in [1.807, 2.05) is 44.2 Å². The third-order valence-electron chi connectivity index (χ3n) is 3.51. The van der Waals surface area contributed by atoms with Crippen molar-refractivity contribution in [1.82, 2.24) is 0 Å². The fourth-order valence-corrected chi connectivity index (χ4v) is 2.28. The fourth-order valence-electron chi connectivity index (χ4n) is 2.28. The van der Waals surface area contributed by atoms with Crippen molar-refractivity contribution in [3.05, 3.63) is 65.7 Å². The van der Waals surface area contributed by atoms with Crippen molar-refractivity contribution in [2.75, 3.05) is 13.2 Å². The summed E-state index contributed by atoms with van der Waals surface area (Å²) in [7, 11) is 0. The molecule has 6 heteroatoms. The van der Waals surface area contributed by atoms with Crippen LogP contribution in [0.3, 0.4) is 0 Å². The van der Waals surface area contributed by atoms with E-state index in [2.05, 4.69) is 5.16 Å². The highest BCUT2D eigenvalue weighted by Crippen LogP contribution is 2.29. The SMILES string of the molecule is CC(C)C/C(=N\OCCOc1ccccc1)c1ccc(C(F)(F)F)cc1. The van der Waals surface area contributed by atoms with Crippen molar-refractivity contribution in [3.63, 3.8) is 0 Å². The van der Waals surface area contributed by atoms with Gasteiger partial charge in [-0.1, -0.05) is 49.3 Å². The van der Waals surface area contributed by atoms with Crippen LogP contribution in [0.4, 0.5) is 13.2 Å². The quantitative estimate of drug-likeness (QED) is 0.349. The van der Waals surface area contributed by atoms with E-state index in [1.54, 1.807) is 0 Å². The molecule has 0 radical (unpaired) electrons. The fraction of sp³-hybridized carbons (Fsp3) is 0.350. The Morgan fingerprint density at radius 2 is 1.62 bits per heavy atom. The van der Waals surface area contributed by atoms with Crippen molar-refractivity contribution < 1.29 is 22.7 Å². The number of hydrogen-bond acceptors (Lipinski definition) is 3. The number of hydrogen-bond donors (Lipinski definition) is 0. The molecule has 0 aliphatic rings. The first kappa shape index (κ1) is 19.8. The lowest BCUT2D eigenvalue weighted by atomic mass is 9.99. The van der Waals surface area contributed by atoms with E-state index >= 15 is 0 Å². The van der Waals surface area contributed by atoms with Crippen LogP contribution in [0.15, 0.2) is 59.8 Å². The van der Waals surface area contributed by atoms with Crippen molar-refractivity contribution in [2.45, 2.75) is 26.4 Å². The number of oxime groups is 1. The van der Waals surface area contributed by atoms with Crippen LogP contribution in [0.25, 0.3) is 0 Å². The maximum absolute atomic E-state index is 12.7. The van der Waals surface area contributed by atoms with Gasteiger partial charge in [0, 0.05) is 0 Å². The van der Waals surface area contributed by atoms with Crippen molar-refractivity contribution in [3.8, 4) is 5.75 Å². The number of rotatable bonds is 8. The molecule has 0 aromatic heterocycles. The average Bonchev–Trinajstić information content (AvgIpc) is 2.60. The van der Waals surface area contributed by atoms with Gasteiger partial charge in [0.15, 0.2) is 6.61 Å². The predicted molar refractivity (Wildman–Crippen MR) is 95.3 cm³/mol. The van der Waals surface area contributed by atoms with Gasteiger partial charge in [-0.3, -0.25) is 0 Å². The van der Waals surface area contributed by atoms with Crippen LogP contribution in [-0.4, -0.2) is 18.9 Å². The number of para-hydroxylation sites is 1. The van der Waals surface area contributed by atoms with E-state index in [0.29, 0.717) is 30.2 Å². The molecule has 2 aromatic rings. The Kier molecular flexibility index (Phi) is 7.06. The van der Waals surface area contributed by atoms with Crippen LogP contribution in [0.2, 0.25) is 0 Å². The van der Waals surface area contributed by atoms with Crippen LogP contribution in [0.5, 0.6) is 5.75 Å². The first-order chi connectivity index (χ1) is 12.4. The molecule has 0 aliphatic heterocycles. The molecule has 140 valence electrons. The minimum atomic E-state index is -4.35. The Morgan fingerprint density at radius 1 is 0.962 bits per heavy atom. The van der Waals surface area contributed by atoms with Crippen LogP contribution in [0.1, 0.15) is 31.4 Å². The molecule has 0 saturated carbocycles. The van der Waals surface area contributed by atoms with Gasteiger partial charge in [-0.05, 0) is 42.2 Å². The average molecular weight is 365 g/mol. The summed E-state index contributed by atoms with van der Waals surface area (Å²) < 4.78 is 43.6. The molecule has 0 fully saturated rings. The van der Waals surface area contributed by atoms with Crippen molar-refractivity contribution in [2.24, 2.45) is 11.1 Å². The molecular weight excluding hydrogens is 343 g/mol. The van der Waals surface area contributed by atoms with Gasteiger partial charge in [-0.2, -0.15) is 13.2 Å². The minimum absolute atomic E-state index is 0.247. The maximum Gasteiger partial charge on any atom is 0.416 e. The molecule has 0 spiro atoms. The molecule has 0 N–H and O–H groups in total. The minimum Gasteiger partial charge on any atom is -0.490 e. The van der Waals surface area contributed by atoms with Crippen molar-refractivity contribution >= 4 is 5.71 Å². The van der Waals surface area contributed by atoms with Gasteiger partial charge in [0.1, 0.15) is 12.4 Å². The molecule has 2 rings (SSSR count). The van der Waals surface area contributed by atoms with Gasteiger partial charge in [0.2, 0.25) is 0 Å². The zero-order valence-corrected chi connectivity index (χ0v) is 14.8. The van der Waals surface area contributed by atoms with E-state index in [1.165, 1.54) is 12.1 Å². The van der Waals surface area contributed by atoms with Crippen LogP contribution < -0.4 is 4.74 Å². The molecule has 0 heterocycles. The lowest BCUT2D eigenvalue weighted by molar-refractivity contribution is -0.137. The summed E-state index contributed by atoms with van der Waals surface area (Å²) in [5.74, 6) is 1.03. The van der Waals surface area contributed by atoms with Gasteiger partial charge in [0.05, 0.1) is 11.3 Å². The molecule has 26 heavy (non-hydrogen) atoms. The Morgan fingerprint density at radius 3 is 2.19 bits per heavy atom. The topological polar surface area (TPSA) is 30.8 Å². The Labute approximate surface area is 151 Å². The highest BCUT2D eigenvalue weighted by Gasteiger charge is 2.30. The smallest absolute Gasteiger partial charge is 0.416 e. The third-order valence-corrected chi connectivity index (χ3v) is 3.51. The van der Waals surface area contributed by atoms with Gasteiger partial charge in [-0.15, -0.1) is 0 Å². The zero-order valence-electron chi connectivity index (χ0n) is 14.8. The molecule has 2 aromatic carbocycles. The van der Waals surface area contributed by atoms with Gasteiger partial charge < -0.3 is 9.57 Å². The normalized spacial score (nSPS) is 12.3. The monoisotopic (exact) mass is 365 g/mol. The Hall–Kier alpha value is -2.50. The van der Waals surface area contributed by atoms with Gasteiger partial charge in [-0.25, -0.2) is 0 Å². The van der Waals surface area contributed by atoms with Gasteiger partial charge in [0.25, 0.3) is 0 Å². The Bertz CT molecular complexity index is 695. The summed E-state index contributed by atoms with van der Waals surface area (Å²) in [5.41, 5.74) is 0.562. The number of benzene rings is 2. The summed E-state index contributed by atoms with van der Waals surface area (Å²) in [5, 5.41) is 4.11. The first-order valence-corrected chi connectivity index (χ1v) is 8.40. The summed E-state index contributed by atoms with van der Waals surface area (Å²) in [6.07, 6.45) is -3.75. The highest BCUT2D eigenvalue weighted by atomic mass is 19.4. The van der Waals surface area contributed by atoms with E-state index in [9.17, 15) is 13.2 Å². The lowest BCUT2D eigenvalue weighted by Gasteiger charge is -2.12. The lowest BCUT2D eigenvalue weighted by Crippen LogP contribution is -2.10. The molecule has 3 nitrogen and oxygen atoms in total. The summed E-state index contributed by atoms with van der Waals surface area (Å²) in [4.78, 5) is 5.31. The summed E-state index contributed by atoms with van der Waals surface area (Å²) in [6.45, 7) is 4.60. The Balaban J connectivity index is 1.96. The molecule has 0 bridgehead atoms. The van der Waals surface area contributed by atoms with Crippen molar-refractivity contribution in [1.29, 1.82) is 0 Å². The second kappa shape index (κ2) is 9.27. The van der Waals surface area contributed by atoms with E-state index < -0.39 is 11.7 Å². The van der Waals surface area contributed by atoms with Crippen LogP contribution in [-0.2, 0) is 11.0 Å². The third kappa shape index (κ3) is 6.43.